The molecule has 0 saturated carbocycles. The predicted octanol–water partition coefficient (Wildman–Crippen LogP) is 6.35. The molecule has 0 atom stereocenters. The number of rotatable bonds is 14. The third-order valence-electron chi connectivity index (χ3n) is 6.12. The van der Waals surface area contributed by atoms with Crippen molar-refractivity contribution in [2.24, 2.45) is 5.41 Å². The van der Waals surface area contributed by atoms with Crippen molar-refractivity contribution in [2.45, 2.75) is 52.4 Å². The summed E-state index contributed by atoms with van der Waals surface area (Å²) in [5.74, 6) is 0.191. The lowest BCUT2D eigenvalue weighted by Gasteiger charge is -2.29. The number of ether oxygens (including phenoxy) is 2. The molecule has 188 valence electrons. The SMILES string of the molecule is CCCCC(CCCC)(C(=O)/C=C/c1ccc(O)c(OC)c1)C(=O)/C=C/c1ccc(O)c(OC)c1. The predicted molar refractivity (Wildman–Crippen MR) is 139 cm³/mol. The largest absolute Gasteiger partial charge is 0.504 e. The number of aromatic hydroxyl groups is 2. The summed E-state index contributed by atoms with van der Waals surface area (Å²) < 4.78 is 10.3. The number of methoxy groups -OCH3 is 2. The number of hydrogen-bond donors (Lipinski definition) is 2. The van der Waals surface area contributed by atoms with Crippen LogP contribution in [-0.4, -0.2) is 36.0 Å². The summed E-state index contributed by atoms with van der Waals surface area (Å²) >= 11 is 0. The average molecular weight is 481 g/mol. The zero-order valence-corrected chi connectivity index (χ0v) is 21.0. The summed E-state index contributed by atoms with van der Waals surface area (Å²) in [6, 6.07) is 9.65. The molecule has 0 fully saturated rings. The van der Waals surface area contributed by atoms with Crippen LogP contribution < -0.4 is 9.47 Å². The van der Waals surface area contributed by atoms with Crippen LogP contribution in [0.5, 0.6) is 23.0 Å². The average Bonchev–Trinajstić information content (AvgIpc) is 2.87. The van der Waals surface area contributed by atoms with Gasteiger partial charge in [0.2, 0.25) is 0 Å². The van der Waals surface area contributed by atoms with Gasteiger partial charge in [-0.1, -0.05) is 63.8 Å². The molecule has 0 amide bonds. The molecule has 0 radical (unpaired) electrons. The van der Waals surface area contributed by atoms with Gasteiger partial charge in [-0.3, -0.25) is 9.59 Å². The van der Waals surface area contributed by atoms with Gasteiger partial charge in [0.1, 0.15) is 0 Å². The molecule has 0 aliphatic rings. The van der Waals surface area contributed by atoms with Gasteiger partial charge in [0.05, 0.1) is 19.6 Å². The highest BCUT2D eigenvalue weighted by Crippen LogP contribution is 2.36. The van der Waals surface area contributed by atoms with E-state index < -0.39 is 5.41 Å². The van der Waals surface area contributed by atoms with Crippen molar-refractivity contribution in [1.82, 2.24) is 0 Å². The summed E-state index contributed by atoms with van der Waals surface area (Å²) in [5, 5.41) is 19.6. The molecule has 0 heterocycles. The maximum atomic E-state index is 13.6. The molecule has 2 aromatic rings. The van der Waals surface area contributed by atoms with Crippen LogP contribution in [0, 0.1) is 5.41 Å². The molecule has 35 heavy (non-hydrogen) atoms. The quantitative estimate of drug-likeness (QED) is 0.242. The van der Waals surface area contributed by atoms with Crippen LogP contribution >= 0.6 is 0 Å². The number of phenols is 2. The minimum atomic E-state index is -1.15. The van der Waals surface area contributed by atoms with Crippen molar-refractivity contribution in [1.29, 1.82) is 0 Å². The van der Waals surface area contributed by atoms with Crippen molar-refractivity contribution >= 4 is 23.7 Å². The number of benzene rings is 2. The zero-order valence-electron chi connectivity index (χ0n) is 21.0. The van der Waals surface area contributed by atoms with E-state index in [1.54, 1.807) is 36.4 Å². The second-order valence-corrected chi connectivity index (χ2v) is 8.55. The number of unbranched alkanes of at least 4 members (excludes halogenated alkanes) is 2. The Morgan fingerprint density at radius 1 is 0.771 bits per heavy atom. The van der Waals surface area contributed by atoms with E-state index in [9.17, 15) is 19.8 Å². The summed E-state index contributed by atoms with van der Waals surface area (Å²) in [7, 11) is 2.92. The van der Waals surface area contributed by atoms with Crippen molar-refractivity contribution in [3.8, 4) is 23.0 Å². The molecule has 0 aliphatic heterocycles. The second-order valence-electron chi connectivity index (χ2n) is 8.55. The van der Waals surface area contributed by atoms with Gasteiger partial charge in [0.15, 0.2) is 34.6 Å². The van der Waals surface area contributed by atoms with Crippen molar-refractivity contribution in [2.75, 3.05) is 14.2 Å². The Labute approximate surface area is 207 Å². The molecule has 0 aromatic heterocycles. The van der Waals surface area contributed by atoms with Gasteiger partial charge < -0.3 is 19.7 Å². The molecule has 0 saturated heterocycles. The van der Waals surface area contributed by atoms with Gasteiger partial charge in [-0.25, -0.2) is 0 Å². The Hall–Kier alpha value is -3.54. The number of phenolic OH excluding ortho intramolecular Hbond substituents is 2. The van der Waals surface area contributed by atoms with Crippen LogP contribution in [0.2, 0.25) is 0 Å². The molecule has 0 aliphatic carbocycles. The van der Waals surface area contributed by atoms with E-state index in [2.05, 4.69) is 0 Å². The lowest BCUT2D eigenvalue weighted by molar-refractivity contribution is -0.136. The smallest absolute Gasteiger partial charge is 0.169 e. The molecular weight excluding hydrogens is 444 g/mol. The van der Waals surface area contributed by atoms with Gasteiger partial charge in [-0.2, -0.15) is 0 Å². The summed E-state index contributed by atoms with van der Waals surface area (Å²) in [6.07, 6.45) is 10.4. The molecule has 2 rings (SSSR count). The van der Waals surface area contributed by atoms with E-state index in [0.29, 0.717) is 35.5 Å². The lowest BCUT2D eigenvalue weighted by Crippen LogP contribution is -2.37. The van der Waals surface area contributed by atoms with E-state index >= 15 is 0 Å². The van der Waals surface area contributed by atoms with Crippen molar-refractivity contribution in [3.05, 3.63) is 59.7 Å². The van der Waals surface area contributed by atoms with Crippen LogP contribution in [0.1, 0.15) is 63.5 Å². The highest BCUT2D eigenvalue weighted by atomic mass is 16.5. The third kappa shape index (κ3) is 7.22. The first-order chi connectivity index (χ1) is 16.8. The van der Waals surface area contributed by atoms with Crippen LogP contribution in [0.3, 0.4) is 0 Å². The number of allylic oxidation sites excluding steroid dienone is 2. The summed E-state index contributed by atoms with van der Waals surface area (Å²) in [4.78, 5) is 27.2. The molecule has 6 nitrogen and oxygen atoms in total. The normalized spacial score (nSPS) is 11.8. The maximum absolute atomic E-state index is 13.6. The van der Waals surface area contributed by atoms with Gasteiger partial charge >= 0.3 is 0 Å². The maximum Gasteiger partial charge on any atom is 0.169 e. The fourth-order valence-corrected chi connectivity index (χ4v) is 3.95. The Morgan fingerprint density at radius 3 is 1.51 bits per heavy atom. The monoisotopic (exact) mass is 480 g/mol. The molecule has 0 spiro atoms. The Kier molecular flexibility index (Phi) is 10.6. The molecule has 2 N–H and O–H groups in total. The Morgan fingerprint density at radius 2 is 1.17 bits per heavy atom. The first-order valence-electron chi connectivity index (χ1n) is 12.0. The topological polar surface area (TPSA) is 93.1 Å². The number of carbonyl (C=O) groups is 2. The molecule has 0 unspecified atom stereocenters. The lowest BCUT2D eigenvalue weighted by atomic mass is 9.71. The molecule has 0 bridgehead atoms. The number of ketones is 2. The van der Waals surface area contributed by atoms with Crippen LogP contribution in [-0.2, 0) is 9.59 Å². The van der Waals surface area contributed by atoms with Gasteiger partial charge in [-0.15, -0.1) is 0 Å². The second kappa shape index (κ2) is 13.4. The first kappa shape index (κ1) is 27.7. The fourth-order valence-electron chi connectivity index (χ4n) is 3.95. The minimum Gasteiger partial charge on any atom is -0.504 e. The first-order valence-corrected chi connectivity index (χ1v) is 12.0. The highest BCUT2D eigenvalue weighted by molar-refractivity contribution is 6.17. The summed E-state index contributed by atoms with van der Waals surface area (Å²) in [5.41, 5.74) is 0.222. The van der Waals surface area contributed by atoms with Crippen LogP contribution in [0.15, 0.2) is 48.6 Å². The van der Waals surface area contributed by atoms with Crippen molar-refractivity contribution in [3.63, 3.8) is 0 Å². The number of carbonyl (C=O) groups excluding carboxylic acids is 2. The van der Waals surface area contributed by atoms with E-state index in [0.717, 1.165) is 25.7 Å². The Balaban J connectivity index is 2.41. The summed E-state index contributed by atoms with van der Waals surface area (Å²) in [6.45, 7) is 4.08. The van der Waals surface area contributed by atoms with E-state index in [-0.39, 0.29) is 23.1 Å². The van der Waals surface area contributed by atoms with Gasteiger partial charge in [0, 0.05) is 0 Å². The molecular formula is C29H36O6. The fraction of sp³-hybridized carbons (Fsp3) is 0.379. The van der Waals surface area contributed by atoms with E-state index in [4.69, 9.17) is 9.47 Å². The van der Waals surface area contributed by atoms with Crippen LogP contribution in [0.4, 0.5) is 0 Å². The van der Waals surface area contributed by atoms with Gasteiger partial charge in [-0.05, 0) is 60.4 Å². The highest BCUT2D eigenvalue weighted by Gasteiger charge is 2.41. The van der Waals surface area contributed by atoms with Gasteiger partial charge in [0.25, 0.3) is 0 Å². The molecule has 6 heteroatoms. The minimum absolute atomic E-state index is 0.0161. The third-order valence-corrected chi connectivity index (χ3v) is 6.12. The number of hydrogen-bond acceptors (Lipinski definition) is 6. The van der Waals surface area contributed by atoms with Crippen molar-refractivity contribution < 1.29 is 29.3 Å². The zero-order chi connectivity index (χ0) is 25.8. The Bertz CT molecular complexity index is 981. The van der Waals surface area contributed by atoms with Crippen LogP contribution in [0.25, 0.3) is 12.2 Å². The standard InChI is InChI=1S/C29H36O6/c1-5-7-17-29(18-8-6-2,27(32)15-11-21-9-13-23(30)25(19-21)34-3)28(33)16-12-22-10-14-24(31)26(20-22)35-4/h9-16,19-20,30-31H,5-8,17-18H2,1-4H3/b15-11+,16-12+. The molecule has 2 aromatic carbocycles. The van der Waals surface area contributed by atoms with E-state index in [1.807, 2.05) is 13.8 Å². The van der Waals surface area contributed by atoms with E-state index in [1.165, 1.54) is 38.5 Å².